The summed E-state index contributed by atoms with van der Waals surface area (Å²) in [6.07, 6.45) is 0.838. The highest BCUT2D eigenvalue weighted by molar-refractivity contribution is 7.99. The van der Waals surface area contributed by atoms with Gasteiger partial charge in [0.15, 0.2) is 0 Å². The molecular weight excluding hydrogens is 330 g/mol. The van der Waals surface area contributed by atoms with Gasteiger partial charge in [-0.1, -0.05) is 6.07 Å². The van der Waals surface area contributed by atoms with Crippen molar-refractivity contribution in [3.05, 3.63) is 29.3 Å². The van der Waals surface area contributed by atoms with E-state index >= 15 is 0 Å². The second-order valence-corrected chi connectivity index (χ2v) is 6.88. The largest absolute Gasteiger partial charge is 0.370 e. The van der Waals surface area contributed by atoms with Gasteiger partial charge < -0.3 is 10.6 Å². The van der Waals surface area contributed by atoms with Crippen LogP contribution in [0.4, 0.5) is 0 Å². The van der Waals surface area contributed by atoms with Crippen molar-refractivity contribution in [1.82, 2.24) is 10.2 Å². The lowest BCUT2D eigenvalue weighted by molar-refractivity contribution is -0.137. The highest BCUT2D eigenvalue weighted by Gasteiger charge is 2.39. The third kappa shape index (κ3) is 3.14. The number of piperidine rings is 1. The van der Waals surface area contributed by atoms with Gasteiger partial charge in [0.05, 0.1) is 0 Å². The summed E-state index contributed by atoms with van der Waals surface area (Å²) in [7, 11) is 0. The standard InChI is InChI=1S/C16H17N3O4S/c17-13(20)6-7-24-12-3-1-2-9-10(12)8-19(16(9)23)11-4-5-14(21)18-15(11)22/h1-3,11H,4-8H2,(H2,17,20)(H,18,21,22). The summed E-state index contributed by atoms with van der Waals surface area (Å²) in [6.45, 7) is 0.334. The normalized spacial score (nSPS) is 20.1. The zero-order chi connectivity index (χ0) is 17.3. The van der Waals surface area contributed by atoms with Crippen LogP contribution in [-0.4, -0.2) is 40.3 Å². The van der Waals surface area contributed by atoms with E-state index in [2.05, 4.69) is 5.32 Å². The van der Waals surface area contributed by atoms with E-state index in [0.29, 0.717) is 24.3 Å². The minimum atomic E-state index is -0.619. The van der Waals surface area contributed by atoms with Gasteiger partial charge in [-0.2, -0.15) is 0 Å². The zero-order valence-corrected chi connectivity index (χ0v) is 13.7. The van der Waals surface area contributed by atoms with E-state index in [1.165, 1.54) is 16.7 Å². The first-order chi connectivity index (χ1) is 11.5. The second kappa shape index (κ2) is 6.64. The number of primary amides is 1. The first-order valence-electron chi connectivity index (χ1n) is 7.65. The van der Waals surface area contributed by atoms with Crippen LogP contribution in [0.25, 0.3) is 0 Å². The van der Waals surface area contributed by atoms with Crippen molar-refractivity contribution in [2.24, 2.45) is 5.73 Å². The van der Waals surface area contributed by atoms with Crippen molar-refractivity contribution in [3.63, 3.8) is 0 Å². The Morgan fingerprint density at radius 3 is 2.83 bits per heavy atom. The topological polar surface area (TPSA) is 110 Å². The molecule has 0 bridgehead atoms. The summed E-state index contributed by atoms with van der Waals surface area (Å²) in [5, 5.41) is 2.29. The van der Waals surface area contributed by atoms with Crippen LogP contribution in [0, 0.1) is 0 Å². The van der Waals surface area contributed by atoms with Crippen molar-refractivity contribution in [3.8, 4) is 0 Å². The predicted octanol–water partition coefficient (Wildman–Crippen LogP) is 0.415. The fourth-order valence-corrected chi connectivity index (χ4v) is 4.00. The van der Waals surface area contributed by atoms with Gasteiger partial charge in [-0.05, 0) is 24.1 Å². The number of rotatable bonds is 5. The molecule has 1 saturated heterocycles. The van der Waals surface area contributed by atoms with E-state index < -0.39 is 11.9 Å². The number of carbonyl (C=O) groups excluding carboxylic acids is 4. The Kier molecular flexibility index (Phi) is 4.57. The highest BCUT2D eigenvalue weighted by Crippen LogP contribution is 2.34. The van der Waals surface area contributed by atoms with E-state index in [-0.39, 0.29) is 30.6 Å². The first kappa shape index (κ1) is 16.5. The molecule has 1 aromatic carbocycles. The molecule has 3 rings (SSSR count). The Morgan fingerprint density at radius 2 is 2.12 bits per heavy atom. The molecule has 2 heterocycles. The minimum absolute atomic E-state index is 0.197. The molecule has 0 radical (unpaired) electrons. The SMILES string of the molecule is NC(=O)CCSc1cccc2c1CN(C1CCC(=O)NC1=O)C2=O. The van der Waals surface area contributed by atoms with Gasteiger partial charge in [-0.3, -0.25) is 24.5 Å². The van der Waals surface area contributed by atoms with Crippen molar-refractivity contribution >= 4 is 35.4 Å². The van der Waals surface area contributed by atoms with Gasteiger partial charge in [-0.25, -0.2) is 0 Å². The van der Waals surface area contributed by atoms with Gasteiger partial charge in [0.2, 0.25) is 17.7 Å². The van der Waals surface area contributed by atoms with Crippen LogP contribution in [0.15, 0.2) is 23.1 Å². The van der Waals surface area contributed by atoms with Gasteiger partial charge in [0.1, 0.15) is 6.04 Å². The average Bonchev–Trinajstić information content (AvgIpc) is 2.85. The maximum absolute atomic E-state index is 12.6. The highest BCUT2D eigenvalue weighted by atomic mass is 32.2. The molecule has 1 aromatic rings. The number of hydrogen-bond donors (Lipinski definition) is 2. The molecule has 0 aliphatic carbocycles. The number of amides is 4. The molecule has 1 fully saturated rings. The van der Waals surface area contributed by atoms with Crippen molar-refractivity contribution in [2.45, 2.75) is 36.7 Å². The van der Waals surface area contributed by atoms with Gasteiger partial charge in [0.25, 0.3) is 5.91 Å². The molecule has 0 aromatic heterocycles. The summed E-state index contributed by atoms with van der Waals surface area (Å²) in [6, 6.07) is 4.80. The second-order valence-electron chi connectivity index (χ2n) is 5.75. The van der Waals surface area contributed by atoms with Crippen molar-refractivity contribution in [2.75, 3.05) is 5.75 Å². The summed E-state index contributed by atoms with van der Waals surface area (Å²) < 4.78 is 0. The van der Waals surface area contributed by atoms with Crippen LogP contribution < -0.4 is 11.1 Å². The smallest absolute Gasteiger partial charge is 0.255 e. The van der Waals surface area contributed by atoms with Crippen LogP contribution in [0.5, 0.6) is 0 Å². The maximum atomic E-state index is 12.6. The van der Waals surface area contributed by atoms with E-state index in [1.807, 2.05) is 6.07 Å². The van der Waals surface area contributed by atoms with Gasteiger partial charge in [0, 0.05) is 35.6 Å². The lowest BCUT2D eigenvalue weighted by Gasteiger charge is -2.29. The molecular formula is C16H17N3O4S. The summed E-state index contributed by atoms with van der Waals surface area (Å²) >= 11 is 1.47. The molecule has 2 aliphatic heterocycles. The third-order valence-electron chi connectivity index (χ3n) is 4.15. The minimum Gasteiger partial charge on any atom is -0.370 e. The maximum Gasteiger partial charge on any atom is 0.255 e. The van der Waals surface area contributed by atoms with Crippen molar-refractivity contribution < 1.29 is 19.2 Å². The van der Waals surface area contributed by atoms with Gasteiger partial charge >= 0.3 is 0 Å². The Morgan fingerprint density at radius 1 is 1.33 bits per heavy atom. The van der Waals surface area contributed by atoms with E-state index in [9.17, 15) is 19.2 Å². The molecule has 1 unspecified atom stereocenters. The molecule has 2 aliphatic rings. The van der Waals surface area contributed by atoms with Gasteiger partial charge in [-0.15, -0.1) is 11.8 Å². The molecule has 24 heavy (non-hydrogen) atoms. The summed E-state index contributed by atoms with van der Waals surface area (Å²) in [5.41, 5.74) is 6.59. The number of thioether (sulfide) groups is 1. The van der Waals surface area contributed by atoms with E-state index in [1.54, 1.807) is 12.1 Å². The average molecular weight is 347 g/mol. The van der Waals surface area contributed by atoms with E-state index in [0.717, 1.165) is 10.5 Å². The number of carbonyl (C=O) groups is 4. The van der Waals surface area contributed by atoms with Crippen LogP contribution in [0.2, 0.25) is 0 Å². The fraction of sp³-hybridized carbons (Fsp3) is 0.375. The molecule has 7 nitrogen and oxygen atoms in total. The first-order valence-corrected chi connectivity index (χ1v) is 8.63. The number of hydrogen-bond acceptors (Lipinski definition) is 5. The molecule has 126 valence electrons. The Labute approximate surface area is 142 Å². The number of benzene rings is 1. The molecule has 3 N–H and O–H groups in total. The monoisotopic (exact) mass is 347 g/mol. The quantitative estimate of drug-likeness (QED) is 0.592. The number of nitrogens with one attached hydrogen (secondary N) is 1. The molecule has 0 spiro atoms. The fourth-order valence-electron chi connectivity index (χ4n) is 2.95. The number of nitrogens with zero attached hydrogens (tertiary/aromatic N) is 1. The Bertz CT molecular complexity index is 734. The molecule has 0 saturated carbocycles. The molecule has 8 heteroatoms. The molecule has 4 amide bonds. The van der Waals surface area contributed by atoms with Crippen molar-refractivity contribution in [1.29, 1.82) is 0 Å². The zero-order valence-electron chi connectivity index (χ0n) is 12.9. The Hall–Kier alpha value is -2.35. The van der Waals surface area contributed by atoms with Crippen LogP contribution >= 0.6 is 11.8 Å². The Balaban J connectivity index is 1.78. The third-order valence-corrected chi connectivity index (χ3v) is 5.25. The van der Waals surface area contributed by atoms with Crippen LogP contribution in [-0.2, 0) is 20.9 Å². The summed E-state index contributed by atoms with van der Waals surface area (Å²) in [4.78, 5) is 49.3. The van der Waals surface area contributed by atoms with Crippen LogP contribution in [0.3, 0.4) is 0 Å². The number of nitrogens with two attached hydrogens (primary N) is 1. The summed E-state index contributed by atoms with van der Waals surface area (Å²) in [5.74, 6) is -0.745. The predicted molar refractivity (Wildman–Crippen MR) is 87.0 cm³/mol. The number of fused-ring (bicyclic) bond motifs is 1. The molecule has 1 atom stereocenters. The number of imide groups is 1. The van der Waals surface area contributed by atoms with Crippen LogP contribution in [0.1, 0.15) is 35.2 Å². The van der Waals surface area contributed by atoms with E-state index in [4.69, 9.17) is 5.73 Å². The lowest BCUT2D eigenvalue weighted by Crippen LogP contribution is -2.52. The lowest BCUT2D eigenvalue weighted by atomic mass is 10.0.